The van der Waals surface area contributed by atoms with E-state index in [1.165, 1.54) is 24.5 Å². The number of amides is 2. The van der Waals surface area contributed by atoms with E-state index < -0.39 is 24.2 Å². The molecule has 2 aliphatic heterocycles. The number of nitrogens with one attached hydrogen (secondary N) is 1. The first-order valence-electron chi connectivity index (χ1n) is 10.2. The van der Waals surface area contributed by atoms with Gasteiger partial charge in [0.05, 0.1) is 34.5 Å². The molecule has 1 atom stereocenters. The van der Waals surface area contributed by atoms with Gasteiger partial charge in [-0.1, -0.05) is 23.2 Å². The van der Waals surface area contributed by atoms with Crippen molar-refractivity contribution in [3.05, 3.63) is 40.4 Å². The summed E-state index contributed by atoms with van der Waals surface area (Å²) in [6.45, 7) is 2.07. The minimum absolute atomic E-state index is 0.00198. The molecule has 0 spiro atoms. The third kappa shape index (κ3) is 3.54. The highest BCUT2D eigenvalue weighted by Gasteiger charge is 2.60. The van der Waals surface area contributed by atoms with Gasteiger partial charge < -0.3 is 10.2 Å². The van der Waals surface area contributed by atoms with Crippen LogP contribution in [0.2, 0.25) is 10.2 Å². The maximum absolute atomic E-state index is 14.2. The number of carbonyl (C=O) groups excluding carboxylic acids is 1. The van der Waals surface area contributed by atoms with Crippen LogP contribution < -0.4 is 15.1 Å². The molecule has 3 aromatic heterocycles. The lowest BCUT2D eigenvalue weighted by Crippen LogP contribution is -2.46. The van der Waals surface area contributed by atoms with Crippen molar-refractivity contribution in [1.29, 1.82) is 0 Å². The van der Waals surface area contributed by atoms with Gasteiger partial charge in [-0.15, -0.1) is 0 Å². The number of rotatable bonds is 2. The van der Waals surface area contributed by atoms with E-state index in [2.05, 4.69) is 20.4 Å². The fourth-order valence-corrected chi connectivity index (χ4v) is 4.80. The van der Waals surface area contributed by atoms with Gasteiger partial charge in [-0.25, -0.2) is 19.3 Å². The highest BCUT2D eigenvalue weighted by Crippen LogP contribution is 2.50. The summed E-state index contributed by atoms with van der Waals surface area (Å²) < 4.78 is 43.6. The SMILES string of the molecule is C[C@@]1(C(F)(F)F)CN(C(=O)Nc2cnc(N3CCCC3)c(Cl)c2)c2cnc3cc(Cl)nn3c21. The molecule has 174 valence electrons. The maximum atomic E-state index is 14.2. The van der Waals surface area contributed by atoms with E-state index in [9.17, 15) is 18.0 Å². The van der Waals surface area contributed by atoms with Crippen LogP contribution in [-0.4, -0.2) is 51.4 Å². The Morgan fingerprint density at radius 2 is 1.88 bits per heavy atom. The minimum Gasteiger partial charge on any atom is -0.355 e. The van der Waals surface area contributed by atoms with E-state index in [1.54, 1.807) is 0 Å². The Balaban J connectivity index is 1.48. The summed E-state index contributed by atoms with van der Waals surface area (Å²) in [5.41, 5.74) is -2.17. The zero-order valence-electron chi connectivity index (χ0n) is 17.3. The number of aromatic nitrogens is 4. The van der Waals surface area contributed by atoms with E-state index in [1.807, 2.05) is 4.90 Å². The van der Waals surface area contributed by atoms with Gasteiger partial charge in [-0.05, 0) is 25.8 Å². The molecule has 3 aromatic rings. The smallest absolute Gasteiger partial charge is 0.355 e. The van der Waals surface area contributed by atoms with Gasteiger partial charge in [-0.3, -0.25) is 4.90 Å². The summed E-state index contributed by atoms with van der Waals surface area (Å²) in [6, 6.07) is 2.13. The molecule has 0 saturated carbocycles. The van der Waals surface area contributed by atoms with Gasteiger partial charge in [0.1, 0.15) is 11.2 Å². The van der Waals surface area contributed by atoms with Gasteiger partial charge in [0.2, 0.25) is 0 Å². The number of hydrogen-bond acceptors (Lipinski definition) is 5. The Hall–Kier alpha value is -2.79. The molecule has 1 fully saturated rings. The van der Waals surface area contributed by atoms with Gasteiger partial charge in [-0.2, -0.15) is 18.3 Å². The minimum atomic E-state index is -4.66. The van der Waals surface area contributed by atoms with Crippen molar-refractivity contribution in [3.63, 3.8) is 0 Å². The van der Waals surface area contributed by atoms with Crippen LogP contribution in [0.5, 0.6) is 0 Å². The number of carbonyl (C=O) groups is 1. The summed E-state index contributed by atoms with van der Waals surface area (Å²) in [5, 5.41) is 6.91. The van der Waals surface area contributed by atoms with Crippen LogP contribution in [-0.2, 0) is 5.41 Å². The van der Waals surface area contributed by atoms with E-state index in [4.69, 9.17) is 23.2 Å². The van der Waals surface area contributed by atoms with Gasteiger partial charge >= 0.3 is 12.2 Å². The van der Waals surface area contributed by atoms with Crippen molar-refractivity contribution in [2.45, 2.75) is 31.4 Å². The number of nitrogens with zero attached hydrogens (tertiary/aromatic N) is 6. The lowest BCUT2D eigenvalue weighted by atomic mass is 9.88. The third-order valence-corrected chi connectivity index (χ3v) is 6.53. The quantitative estimate of drug-likeness (QED) is 0.542. The number of fused-ring (bicyclic) bond motifs is 3. The Morgan fingerprint density at radius 1 is 1.15 bits per heavy atom. The van der Waals surface area contributed by atoms with E-state index in [0.717, 1.165) is 42.3 Å². The van der Waals surface area contributed by atoms with Gasteiger partial charge in [0.25, 0.3) is 0 Å². The average Bonchev–Trinajstić information content (AvgIpc) is 3.45. The fraction of sp³-hybridized carbons (Fsp3) is 0.400. The monoisotopic (exact) mass is 499 g/mol. The molecule has 0 radical (unpaired) electrons. The normalized spacial score (nSPS) is 20.5. The Bertz CT molecular complexity index is 1260. The molecule has 8 nitrogen and oxygen atoms in total. The van der Waals surface area contributed by atoms with E-state index in [0.29, 0.717) is 10.8 Å². The summed E-state index contributed by atoms with van der Waals surface area (Å²) in [7, 11) is 0. The molecular weight excluding hydrogens is 482 g/mol. The topological polar surface area (TPSA) is 78.7 Å². The largest absolute Gasteiger partial charge is 0.401 e. The van der Waals surface area contributed by atoms with Crippen molar-refractivity contribution < 1.29 is 18.0 Å². The van der Waals surface area contributed by atoms with Crippen LogP contribution in [0, 0.1) is 0 Å². The summed E-state index contributed by atoms with van der Waals surface area (Å²) in [5.74, 6) is 0.616. The number of pyridine rings is 1. The first-order valence-corrected chi connectivity index (χ1v) is 10.9. The van der Waals surface area contributed by atoms with Crippen LogP contribution in [0.1, 0.15) is 25.5 Å². The van der Waals surface area contributed by atoms with Crippen LogP contribution in [0.4, 0.5) is 35.2 Å². The number of hydrogen-bond donors (Lipinski definition) is 1. The molecule has 13 heteroatoms. The molecule has 0 unspecified atom stereocenters. The molecule has 5 rings (SSSR count). The van der Waals surface area contributed by atoms with Crippen molar-refractivity contribution in [3.8, 4) is 0 Å². The van der Waals surface area contributed by atoms with E-state index in [-0.39, 0.29) is 27.9 Å². The molecule has 2 amide bonds. The number of urea groups is 1. The second-order valence-corrected chi connectivity index (χ2v) is 9.09. The van der Waals surface area contributed by atoms with Crippen LogP contribution >= 0.6 is 23.2 Å². The highest BCUT2D eigenvalue weighted by molar-refractivity contribution is 6.33. The molecule has 5 heterocycles. The predicted octanol–water partition coefficient (Wildman–Crippen LogP) is 4.90. The molecule has 1 N–H and O–H groups in total. The van der Waals surface area contributed by atoms with Crippen molar-refractivity contribution in [2.75, 3.05) is 34.8 Å². The van der Waals surface area contributed by atoms with Crippen molar-refractivity contribution in [1.82, 2.24) is 19.6 Å². The van der Waals surface area contributed by atoms with Crippen LogP contribution in [0.3, 0.4) is 0 Å². The summed E-state index contributed by atoms with van der Waals surface area (Å²) >= 11 is 12.3. The third-order valence-electron chi connectivity index (χ3n) is 6.07. The number of halogens is 5. The van der Waals surface area contributed by atoms with Gasteiger partial charge in [0, 0.05) is 25.7 Å². The molecule has 33 heavy (non-hydrogen) atoms. The maximum Gasteiger partial charge on any atom is 0.401 e. The van der Waals surface area contributed by atoms with Crippen molar-refractivity contribution >= 4 is 52.1 Å². The molecular formula is C20H18Cl2F3N7O. The second-order valence-electron chi connectivity index (χ2n) is 8.30. The Morgan fingerprint density at radius 3 is 2.55 bits per heavy atom. The lowest BCUT2D eigenvalue weighted by molar-refractivity contribution is -0.181. The average molecular weight is 500 g/mol. The Kier molecular flexibility index (Phi) is 5.09. The Labute approximate surface area is 196 Å². The lowest BCUT2D eigenvalue weighted by Gasteiger charge is -2.28. The van der Waals surface area contributed by atoms with E-state index >= 15 is 0 Å². The number of anilines is 3. The zero-order chi connectivity index (χ0) is 23.5. The fourth-order valence-electron chi connectivity index (χ4n) is 4.34. The molecule has 0 bridgehead atoms. The standard InChI is InChI=1S/C20H18Cl2F3N7O/c1-19(20(23,24)25)10-31(13-9-26-15-7-14(22)29-32(15)16(13)19)18(33)28-11-6-12(21)17(27-8-11)30-4-2-3-5-30/h6-9H,2-5,10H2,1H3,(H,28,33)/t19-/m1/s1. The predicted molar refractivity (Wildman–Crippen MR) is 118 cm³/mol. The first kappa shape index (κ1) is 22.0. The first-order chi connectivity index (χ1) is 15.6. The summed E-state index contributed by atoms with van der Waals surface area (Å²) in [6.07, 6.45) is 0.0932. The number of alkyl halides is 3. The molecule has 2 aliphatic rings. The zero-order valence-corrected chi connectivity index (χ0v) is 18.8. The van der Waals surface area contributed by atoms with Gasteiger partial charge in [0.15, 0.2) is 10.8 Å². The van der Waals surface area contributed by atoms with Crippen molar-refractivity contribution in [2.24, 2.45) is 0 Å². The molecule has 1 saturated heterocycles. The molecule has 0 aromatic carbocycles. The molecule has 0 aliphatic carbocycles. The second kappa shape index (κ2) is 7.63. The van der Waals surface area contributed by atoms with Crippen LogP contribution in [0.15, 0.2) is 24.5 Å². The van der Waals surface area contributed by atoms with Crippen LogP contribution in [0.25, 0.3) is 5.65 Å². The highest BCUT2D eigenvalue weighted by atomic mass is 35.5. The summed E-state index contributed by atoms with van der Waals surface area (Å²) in [4.78, 5) is 24.6.